The van der Waals surface area contributed by atoms with Crippen molar-refractivity contribution in [2.45, 2.75) is 10.8 Å². The van der Waals surface area contributed by atoms with E-state index in [9.17, 15) is 8.42 Å². The average molecular weight is 283 g/mol. The molecule has 0 aliphatic heterocycles. The van der Waals surface area contributed by atoms with E-state index < -0.39 is 10.0 Å². The summed E-state index contributed by atoms with van der Waals surface area (Å²) in [5.74, 6) is 0.398. The lowest BCUT2D eigenvalue weighted by Crippen LogP contribution is -2.12. The van der Waals surface area contributed by atoms with Gasteiger partial charge in [-0.25, -0.2) is 8.42 Å². The zero-order valence-corrected chi connectivity index (χ0v) is 10.9. The Morgan fingerprint density at radius 2 is 1.89 bits per heavy atom. The lowest BCUT2D eigenvalue weighted by atomic mass is 10.2. The lowest BCUT2D eigenvalue weighted by Gasteiger charge is -2.07. The summed E-state index contributed by atoms with van der Waals surface area (Å²) in [5.41, 5.74) is 1.42. The van der Waals surface area contributed by atoms with Gasteiger partial charge in [-0.3, -0.25) is 9.71 Å². The van der Waals surface area contributed by atoms with Gasteiger partial charge >= 0.3 is 0 Å². The van der Waals surface area contributed by atoms with Crippen LogP contribution in [0.5, 0.6) is 0 Å². The number of anilines is 1. The fourth-order valence-corrected chi connectivity index (χ4v) is 2.58. The minimum Gasteiger partial charge on any atom is -0.280 e. The molecule has 4 nitrogen and oxygen atoms in total. The van der Waals surface area contributed by atoms with Crippen molar-refractivity contribution in [2.24, 2.45) is 0 Å². The first-order chi connectivity index (χ1) is 8.62. The van der Waals surface area contributed by atoms with Crippen molar-refractivity contribution in [3.63, 3.8) is 0 Å². The van der Waals surface area contributed by atoms with Crippen LogP contribution < -0.4 is 4.72 Å². The Bertz CT molecular complexity index is 612. The second-order valence-electron chi connectivity index (χ2n) is 3.62. The van der Waals surface area contributed by atoms with Gasteiger partial charge in [0.15, 0.2) is 0 Å². The van der Waals surface area contributed by atoms with Crippen molar-refractivity contribution in [1.29, 1.82) is 0 Å². The van der Waals surface area contributed by atoms with Crippen LogP contribution in [-0.4, -0.2) is 13.4 Å². The predicted octanol–water partition coefficient (Wildman–Crippen LogP) is 2.62. The van der Waals surface area contributed by atoms with Gasteiger partial charge in [0.25, 0.3) is 10.0 Å². The Kier molecular flexibility index (Phi) is 3.84. The first-order valence-electron chi connectivity index (χ1n) is 5.19. The molecule has 0 radical (unpaired) electrons. The van der Waals surface area contributed by atoms with Gasteiger partial charge in [0.05, 0.1) is 0 Å². The summed E-state index contributed by atoms with van der Waals surface area (Å²) in [6.45, 7) is 0. The molecule has 0 fully saturated rings. The van der Waals surface area contributed by atoms with Crippen LogP contribution in [-0.2, 0) is 15.9 Å². The van der Waals surface area contributed by atoms with Crippen LogP contribution in [0.25, 0.3) is 0 Å². The van der Waals surface area contributed by atoms with Gasteiger partial charge < -0.3 is 0 Å². The van der Waals surface area contributed by atoms with E-state index in [0.29, 0.717) is 11.6 Å². The van der Waals surface area contributed by atoms with Gasteiger partial charge in [0.1, 0.15) is 4.90 Å². The summed E-state index contributed by atoms with van der Waals surface area (Å²) in [7, 11) is -3.58. The van der Waals surface area contributed by atoms with E-state index >= 15 is 0 Å². The van der Waals surface area contributed by atoms with Crippen LogP contribution in [0, 0.1) is 0 Å². The summed E-state index contributed by atoms with van der Waals surface area (Å²) in [6.07, 6.45) is 2.82. The molecule has 94 valence electrons. The van der Waals surface area contributed by atoms with Crippen LogP contribution in [0.3, 0.4) is 0 Å². The number of hydrogen-bond acceptors (Lipinski definition) is 3. The molecule has 0 spiro atoms. The van der Waals surface area contributed by atoms with Gasteiger partial charge in [0.2, 0.25) is 0 Å². The minimum absolute atomic E-state index is 0.131. The number of halogens is 1. The predicted molar refractivity (Wildman–Crippen MR) is 71.0 cm³/mol. The van der Waals surface area contributed by atoms with Crippen molar-refractivity contribution in [2.75, 3.05) is 4.72 Å². The zero-order valence-electron chi connectivity index (χ0n) is 9.38. The number of sulfonamides is 1. The summed E-state index contributed by atoms with van der Waals surface area (Å²) in [6, 6.07) is 9.95. The Labute approximate surface area is 111 Å². The van der Waals surface area contributed by atoms with Gasteiger partial charge in [-0.2, -0.15) is 0 Å². The number of rotatable bonds is 4. The third-order valence-corrected chi connectivity index (χ3v) is 3.98. The zero-order chi connectivity index (χ0) is 13.0. The first-order valence-corrected chi connectivity index (χ1v) is 7.21. The molecule has 0 amide bonds. The monoisotopic (exact) mass is 282 g/mol. The molecule has 1 aromatic carbocycles. The molecule has 2 aromatic rings. The molecule has 0 atom stereocenters. The van der Waals surface area contributed by atoms with Crippen LogP contribution in [0.1, 0.15) is 5.56 Å². The Hall–Kier alpha value is -1.59. The summed E-state index contributed by atoms with van der Waals surface area (Å²) in [5, 5.41) is 0. The van der Waals surface area contributed by atoms with E-state index in [4.69, 9.17) is 11.6 Å². The topological polar surface area (TPSA) is 59.1 Å². The number of pyridine rings is 1. The molecule has 18 heavy (non-hydrogen) atoms. The van der Waals surface area contributed by atoms with Crippen LogP contribution in [0.2, 0.25) is 0 Å². The summed E-state index contributed by atoms with van der Waals surface area (Å²) >= 11 is 5.66. The molecule has 6 heteroatoms. The molecule has 1 heterocycles. The molecule has 0 saturated carbocycles. The van der Waals surface area contributed by atoms with Gasteiger partial charge in [0, 0.05) is 24.0 Å². The Morgan fingerprint density at radius 3 is 2.44 bits per heavy atom. The van der Waals surface area contributed by atoms with Crippen molar-refractivity contribution in [1.82, 2.24) is 4.98 Å². The fourth-order valence-electron chi connectivity index (χ4n) is 1.38. The molecule has 0 saturated heterocycles. The molecule has 0 unspecified atom stereocenters. The highest BCUT2D eigenvalue weighted by Crippen LogP contribution is 2.16. The smallest absolute Gasteiger partial charge is 0.263 e. The highest BCUT2D eigenvalue weighted by Gasteiger charge is 2.13. The second-order valence-corrected chi connectivity index (χ2v) is 5.57. The third kappa shape index (κ3) is 3.00. The minimum atomic E-state index is -3.58. The van der Waals surface area contributed by atoms with E-state index in [1.54, 1.807) is 30.3 Å². The van der Waals surface area contributed by atoms with Gasteiger partial charge in [-0.1, -0.05) is 12.1 Å². The van der Waals surface area contributed by atoms with Crippen LogP contribution in [0.15, 0.2) is 53.7 Å². The van der Waals surface area contributed by atoms with Crippen molar-refractivity contribution in [3.05, 3.63) is 54.4 Å². The molecule has 0 bridgehead atoms. The third-order valence-electron chi connectivity index (χ3n) is 2.31. The van der Waals surface area contributed by atoms with Crippen LogP contribution in [0.4, 0.5) is 5.69 Å². The normalized spacial score (nSPS) is 11.2. The number of benzene rings is 1. The van der Waals surface area contributed by atoms with Gasteiger partial charge in [-0.05, 0) is 29.8 Å². The lowest BCUT2D eigenvalue weighted by molar-refractivity contribution is 0.601. The fraction of sp³-hybridized carbons (Fsp3) is 0.0833. The molecule has 2 rings (SSSR count). The molecule has 0 aliphatic rings. The van der Waals surface area contributed by atoms with E-state index in [-0.39, 0.29) is 4.90 Å². The highest BCUT2D eigenvalue weighted by atomic mass is 35.5. The largest absolute Gasteiger partial charge is 0.280 e. The SMILES string of the molecule is O=S(=O)(Nc1ccc(CCl)cc1)c1cccnc1. The van der Waals surface area contributed by atoms with Crippen molar-refractivity contribution >= 4 is 27.3 Å². The quantitative estimate of drug-likeness (QED) is 0.877. The number of aromatic nitrogens is 1. The second kappa shape index (κ2) is 5.37. The Morgan fingerprint density at radius 1 is 1.17 bits per heavy atom. The molecular weight excluding hydrogens is 272 g/mol. The van der Waals surface area contributed by atoms with Crippen LogP contribution >= 0.6 is 11.6 Å². The number of nitrogens with zero attached hydrogens (tertiary/aromatic N) is 1. The molecule has 1 aromatic heterocycles. The van der Waals surface area contributed by atoms with E-state index in [1.165, 1.54) is 18.5 Å². The van der Waals surface area contributed by atoms with E-state index in [1.807, 2.05) is 0 Å². The number of alkyl halides is 1. The Balaban J connectivity index is 2.22. The first kappa shape index (κ1) is 12.9. The molecular formula is C12H11ClN2O2S. The summed E-state index contributed by atoms with van der Waals surface area (Å²) in [4.78, 5) is 3.91. The van der Waals surface area contributed by atoms with Gasteiger partial charge in [-0.15, -0.1) is 11.6 Å². The average Bonchev–Trinajstić information content (AvgIpc) is 2.40. The maximum atomic E-state index is 12.0. The molecule has 0 aliphatic carbocycles. The number of nitrogens with one attached hydrogen (secondary N) is 1. The maximum absolute atomic E-state index is 12.0. The number of hydrogen-bond donors (Lipinski definition) is 1. The van der Waals surface area contributed by atoms with Crippen molar-refractivity contribution < 1.29 is 8.42 Å². The molecule has 1 N–H and O–H groups in total. The van der Waals surface area contributed by atoms with Crippen molar-refractivity contribution in [3.8, 4) is 0 Å². The maximum Gasteiger partial charge on any atom is 0.263 e. The van der Waals surface area contributed by atoms with E-state index in [2.05, 4.69) is 9.71 Å². The van der Waals surface area contributed by atoms with E-state index in [0.717, 1.165) is 5.56 Å². The highest BCUT2D eigenvalue weighted by molar-refractivity contribution is 7.92. The standard InChI is InChI=1S/C12H11ClN2O2S/c13-8-10-3-5-11(6-4-10)15-18(16,17)12-2-1-7-14-9-12/h1-7,9,15H,8H2. The summed E-state index contributed by atoms with van der Waals surface area (Å²) < 4.78 is 26.4.